The summed E-state index contributed by atoms with van der Waals surface area (Å²) in [4.78, 5) is 34.0. The van der Waals surface area contributed by atoms with Crippen molar-refractivity contribution in [1.29, 1.82) is 0 Å². The number of hydrogen-bond donors (Lipinski definition) is 1. The zero-order chi connectivity index (χ0) is 24.2. The van der Waals surface area contributed by atoms with E-state index in [0.29, 0.717) is 47.0 Å². The largest absolute Gasteiger partial charge is 0.480 e. The Morgan fingerprint density at radius 2 is 1.76 bits per heavy atom. The Hall–Kier alpha value is -4.14. The molecule has 0 aliphatic rings. The van der Waals surface area contributed by atoms with Gasteiger partial charge in [0.2, 0.25) is 0 Å². The summed E-state index contributed by atoms with van der Waals surface area (Å²) in [6.45, 7) is 5.15. The molecule has 0 saturated heterocycles. The van der Waals surface area contributed by atoms with Crippen LogP contribution in [0.15, 0.2) is 51.3 Å². The van der Waals surface area contributed by atoms with E-state index in [1.54, 1.807) is 30.3 Å². The lowest BCUT2D eigenvalue weighted by atomic mass is 10.2. The molecule has 0 radical (unpaired) electrons. The van der Waals surface area contributed by atoms with E-state index < -0.39 is 18.6 Å². The topological polar surface area (TPSA) is 119 Å². The second-order valence-corrected chi connectivity index (χ2v) is 8.08. The lowest BCUT2D eigenvalue weighted by Gasteiger charge is -2.20. The maximum Gasteiger partial charge on any atom is 0.416 e. The second-order valence-electron chi connectivity index (χ2n) is 8.08. The van der Waals surface area contributed by atoms with Gasteiger partial charge in [-0.15, -0.1) is 0 Å². The Balaban J connectivity index is 1.46. The number of hydrogen-bond acceptors (Lipinski definition) is 7. The first-order chi connectivity index (χ1) is 16.3. The minimum atomic E-state index is -1.14. The average molecular weight is 463 g/mol. The first-order valence-corrected chi connectivity index (χ1v) is 10.8. The van der Waals surface area contributed by atoms with E-state index in [9.17, 15) is 14.7 Å². The predicted octanol–water partition coefficient (Wildman–Crippen LogP) is 4.61. The Labute approximate surface area is 196 Å². The van der Waals surface area contributed by atoms with Gasteiger partial charge in [-0.1, -0.05) is 23.8 Å². The molecule has 34 heavy (non-hydrogen) atoms. The van der Waals surface area contributed by atoms with Crippen molar-refractivity contribution >= 4 is 23.2 Å². The van der Waals surface area contributed by atoms with E-state index in [-0.39, 0.29) is 6.54 Å². The van der Waals surface area contributed by atoms with Gasteiger partial charge in [-0.05, 0) is 43.7 Å². The molecule has 2 aromatic heterocycles. The second kappa shape index (κ2) is 9.78. The van der Waals surface area contributed by atoms with Crippen molar-refractivity contribution in [3.05, 3.63) is 76.8 Å². The highest BCUT2D eigenvalue weighted by molar-refractivity contribution is 5.78. The molecule has 0 atom stereocenters. The molecule has 1 N–H and O–H groups in total. The Bertz CT molecular complexity index is 1320. The van der Waals surface area contributed by atoms with Crippen LogP contribution in [-0.2, 0) is 24.2 Å². The first kappa shape index (κ1) is 23.0. The molecule has 9 nitrogen and oxygen atoms in total. The number of aromatic nitrogens is 2. The van der Waals surface area contributed by atoms with Gasteiger partial charge in [0.05, 0.1) is 5.69 Å². The number of carboxylic acid groups (broad SMARTS) is 1. The highest BCUT2D eigenvalue weighted by Crippen LogP contribution is 2.21. The molecular formula is C25H25N3O6. The standard InChI is InChI=1S/C25H25N3O6/c1-15-4-7-19(8-5-15)33-25(31)28(14-24(29)30)13-18-6-10-22-21(12-18)27-23(34-22)11-9-20-16(2)32-17(3)26-20/h4-8,10,12H,9,11,13-14H2,1-3H3,(H,29,30). The van der Waals surface area contributed by atoms with Gasteiger partial charge in [0.1, 0.15) is 23.6 Å². The van der Waals surface area contributed by atoms with Crippen LogP contribution < -0.4 is 4.74 Å². The van der Waals surface area contributed by atoms with Crippen molar-refractivity contribution in [2.75, 3.05) is 6.54 Å². The maximum absolute atomic E-state index is 12.6. The monoisotopic (exact) mass is 463 g/mol. The van der Waals surface area contributed by atoms with E-state index in [1.165, 1.54) is 0 Å². The molecule has 9 heteroatoms. The zero-order valence-electron chi connectivity index (χ0n) is 19.2. The molecule has 0 fully saturated rings. The summed E-state index contributed by atoms with van der Waals surface area (Å²) in [5.74, 6) is 1.19. The number of carbonyl (C=O) groups is 2. The summed E-state index contributed by atoms with van der Waals surface area (Å²) in [5, 5.41) is 9.27. The summed E-state index contributed by atoms with van der Waals surface area (Å²) in [6.07, 6.45) is 0.454. The van der Waals surface area contributed by atoms with Gasteiger partial charge < -0.3 is 18.7 Å². The van der Waals surface area contributed by atoms with E-state index >= 15 is 0 Å². The molecule has 0 spiro atoms. The van der Waals surface area contributed by atoms with Gasteiger partial charge in [0.15, 0.2) is 17.4 Å². The van der Waals surface area contributed by atoms with Crippen molar-refractivity contribution in [1.82, 2.24) is 14.9 Å². The molecule has 0 bridgehead atoms. The van der Waals surface area contributed by atoms with Crippen LogP contribution >= 0.6 is 0 Å². The third-order valence-electron chi connectivity index (χ3n) is 5.26. The van der Waals surface area contributed by atoms with Gasteiger partial charge >= 0.3 is 12.1 Å². The number of amides is 1. The van der Waals surface area contributed by atoms with Crippen LogP contribution in [0.5, 0.6) is 5.75 Å². The number of aryl methyl sites for hydroxylation is 5. The summed E-state index contributed by atoms with van der Waals surface area (Å²) < 4.78 is 16.6. The quantitative estimate of drug-likeness (QED) is 0.402. The highest BCUT2D eigenvalue weighted by atomic mass is 16.6. The summed E-state index contributed by atoms with van der Waals surface area (Å²) >= 11 is 0. The zero-order valence-corrected chi connectivity index (χ0v) is 19.2. The van der Waals surface area contributed by atoms with Crippen molar-refractivity contribution in [3.63, 3.8) is 0 Å². The van der Waals surface area contributed by atoms with Gasteiger partial charge in [-0.3, -0.25) is 9.69 Å². The molecule has 176 valence electrons. The van der Waals surface area contributed by atoms with Crippen LogP contribution in [0.3, 0.4) is 0 Å². The Morgan fingerprint density at radius 1 is 1.00 bits per heavy atom. The van der Waals surface area contributed by atoms with Crippen molar-refractivity contribution in [3.8, 4) is 5.75 Å². The number of nitrogens with zero attached hydrogens (tertiary/aromatic N) is 3. The van der Waals surface area contributed by atoms with Crippen LogP contribution in [0.4, 0.5) is 4.79 Å². The van der Waals surface area contributed by atoms with Gasteiger partial charge in [0.25, 0.3) is 0 Å². The molecule has 4 aromatic rings. The first-order valence-electron chi connectivity index (χ1n) is 10.8. The Morgan fingerprint density at radius 3 is 2.44 bits per heavy atom. The molecule has 2 aromatic carbocycles. The number of ether oxygens (including phenoxy) is 1. The fourth-order valence-corrected chi connectivity index (χ4v) is 3.60. The van der Waals surface area contributed by atoms with Crippen molar-refractivity contribution in [2.24, 2.45) is 0 Å². The molecule has 4 rings (SSSR count). The summed E-state index contributed by atoms with van der Waals surface area (Å²) in [7, 11) is 0. The summed E-state index contributed by atoms with van der Waals surface area (Å²) in [6, 6.07) is 12.3. The van der Waals surface area contributed by atoms with E-state index in [4.69, 9.17) is 13.6 Å². The molecule has 0 saturated carbocycles. The van der Waals surface area contributed by atoms with E-state index in [1.807, 2.05) is 32.9 Å². The normalized spacial score (nSPS) is 11.0. The highest BCUT2D eigenvalue weighted by Gasteiger charge is 2.20. The average Bonchev–Trinajstić information content (AvgIpc) is 3.34. The van der Waals surface area contributed by atoms with Crippen LogP contribution in [0, 0.1) is 20.8 Å². The molecule has 0 unspecified atom stereocenters. The molecule has 0 aliphatic heterocycles. The van der Waals surface area contributed by atoms with Gasteiger partial charge in [0, 0.05) is 26.3 Å². The lowest BCUT2D eigenvalue weighted by molar-refractivity contribution is -0.138. The molecule has 1 amide bonds. The minimum Gasteiger partial charge on any atom is -0.480 e. The van der Waals surface area contributed by atoms with Crippen LogP contribution in [0.1, 0.15) is 34.4 Å². The number of fused-ring (bicyclic) bond motifs is 1. The van der Waals surface area contributed by atoms with Crippen LogP contribution in [-0.4, -0.2) is 38.6 Å². The Kier molecular flexibility index (Phi) is 6.62. The predicted molar refractivity (Wildman–Crippen MR) is 123 cm³/mol. The minimum absolute atomic E-state index is 0.0482. The number of carbonyl (C=O) groups excluding carboxylic acids is 1. The third-order valence-corrected chi connectivity index (χ3v) is 5.26. The van der Waals surface area contributed by atoms with Crippen molar-refractivity contribution < 1.29 is 28.3 Å². The fraction of sp³-hybridized carbons (Fsp3) is 0.280. The van der Waals surface area contributed by atoms with E-state index in [0.717, 1.165) is 21.9 Å². The van der Waals surface area contributed by atoms with Crippen molar-refractivity contribution in [2.45, 2.75) is 40.2 Å². The SMILES string of the molecule is Cc1ccc(OC(=O)N(CC(=O)O)Cc2ccc3oc(CCc4nc(C)oc4C)nc3c2)cc1. The van der Waals surface area contributed by atoms with Crippen LogP contribution in [0.25, 0.3) is 11.1 Å². The summed E-state index contributed by atoms with van der Waals surface area (Å²) in [5.41, 5.74) is 3.84. The fourth-order valence-electron chi connectivity index (χ4n) is 3.60. The third kappa shape index (κ3) is 5.61. The van der Waals surface area contributed by atoms with Gasteiger partial charge in [-0.2, -0.15) is 0 Å². The van der Waals surface area contributed by atoms with Crippen LogP contribution in [0.2, 0.25) is 0 Å². The number of rotatable bonds is 8. The smallest absolute Gasteiger partial charge is 0.416 e. The molecule has 0 aliphatic carbocycles. The molecular weight excluding hydrogens is 438 g/mol. The van der Waals surface area contributed by atoms with Gasteiger partial charge in [-0.25, -0.2) is 14.8 Å². The number of benzene rings is 2. The number of oxazole rings is 2. The molecule has 2 heterocycles. The van der Waals surface area contributed by atoms with E-state index in [2.05, 4.69) is 9.97 Å². The lowest BCUT2D eigenvalue weighted by Crippen LogP contribution is -2.37. The number of aliphatic carboxylic acids is 1. The number of carboxylic acids is 1. The maximum atomic E-state index is 12.6.